The molecule has 0 radical (unpaired) electrons. The lowest BCUT2D eigenvalue weighted by Crippen LogP contribution is -2.39. The number of nitrogens with zero attached hydrogens (tertiary/aromatic N) is 3. The number of hydrogen-bond donors (Lipinski definition) is 2. The number of likely N-dealkylation sites (tertiary alicyclic amines) is 1. The summed E-state index contributed by atoms with van der Waals surface area (Å²) in [5.41, 5.74) is 7.52. The Hall–Kier alpha value is -1.27. The number of amidine groups is 1. The average Bonchev–Trinajstić information content (AvgIpc) is 2.93. The molecule has 1 saturated heterocycles. The summed E-state index contributed by atoms with van der Waals surface area (Å²) in [5.74, 6) is 0.142. The minimum atomic E-state index is 0.142. The fraction of sp³-hybridized carbons (Fsp3) is 0.533. The summed E-state index contributed by atoms with van der Waals surface area (Å²) in [6.07, 6.45) is 2.49. The van der Waals surface area contributed by atoms with Crippen molar-refractivity contribution in [1.82, 2.24) is 4.90 Å². The first kappa shape index (κ1) is 16.1. The van der Waals surface area contributed by atoms with E-state index in [1.807, 2.05) is 18.2 Å². The van der Waals surface area contributed by atoms with Gasteiger partial charge in [0.05, 0.1) is 0 Å². The van der Waals surface area contributed by atoms with Gasteiger partial charge in [0.1, 0.15) is 0 Å². The minimum absolute atomic E-state index is 0.142. The number of rotatable bonds is 5. The number of anilines is 1. The molecule has 0 aliphatic carbocycles. The van der Waals surface area contributed by atoms with Crippen molar-refractivity contribution < 1.29 is 5.21 Å². The third-order valence-electron chi connectivity index (χ3n) is 4.14. The van der Waals surface area contributed by atoms with Gasteiger partial charge in [0, 0.05) is 35.4 Å². The molecule has 1 heterocycles. The molecule has 2 rings (SSSR count). The van der Waals surface area contributed by atoms with Gasteiger partial charge in [0.25, 0.3) is 0 Å². The van der Waals surface area contributed by atoms with Crippen LogP contribution in [0.2, 0.25) is 0 Å². The highest BCUT2D eigenvalue weighted by atomic mass is 79.9. The fourth-order valence-corrected chi connectivity index (χ4v) is 3.37. The molecule has 0 bridgehead atoms. The highest BCUT2D eigenvalue weighted by Gasteiger charge is 2.25. The van der Waals surface area contributed by atoms with Gasteiger partial charge in [0.2, 0.25) is 0 Å². The largest absolute Gasteiger partial charge is 0.409 e. The standard InChI is InChI=1S/C15H23BrN4O/c1-3-20-8-4-5-12(20)10-19(2)14-9-11(16)6-7-13(14)15(17)18-21/h6-7,9,12,21H,3-5,8,10H2,1-2H3,(H2,17,18). The molecule has 1 atom stereocenters. The zero-order valence-corrected chi connectivity index (χ0v) is 14.2. The smallest absolute Gasteiger partial charge is 0.172 e. The summed E-state index contributed by atoms with van der Waals surface area (Å²) in [6, 6.07) is 6.35. The van der Waals surface area contributed by atoms with Crippen LogP contribution in [0.15, 0.2) is 27.8 Å². The molecule has 0 aromatic heterocycles. The van der Waals surface area contributed by atoms with Crippen molar-refractivity contribution in [2.24, 2.45) is 10.9 Å². The van der Waals surface area contributed by atoms with E-state index in [-0.39, 0.29) is 5.84 Å². The minimum Gasteiger partial charge on any atom is -0.409 e. The van der Waals surface area contributed by atoms with Gasteiger partial charge in [-0.25, -0.2) is 0 Å². The van der Waals surface area contributed by atoms with Crippen molar-refractivity contribution in [3.63, 3.8) is 0 Å². The second-order valence-electron chi connectivity index (χ2n) is 5.45. The number of likely N-dealkylation sites (N-methyl/N-ethyl adjacent to an activating group) is 2. The molecule has 3 N–H and O–H groups in total. The van der Waals surface area contributed by atoms with Crippen LogP contribution in [0.25, 0.3) is 0 Å². The number of oxime groups is 1. The Bertz CT molecular complexity index is 520. The monoisotopic (exact) mass is 354 g/mol. The predicted octanol–water partition coefficient (Wildman–Crippen LogP) is 2.46. The first-order valence-electron chi connectivity index (χ1n) is 7.29. The Morgan fingerprint density at radius 3 is 3.00 bits per heavy atom. The molecule has 116 valence electrons. The summed E-state index contributed by atoms with van der Waals surface area (Å²) < 4.78 is 0.984. The van der Waals surface area contributed by atoms with Crippen LogP contribution in [0.1, 0.15) is 25.3 Å². The van der Waals surface area contributed by atoms with Gasteiger partial charge in [-0.05, 0) is 44.1 Å². The number of hydrogen-bond acceptors (Lipinski definition) is 4. The van der Waals surface area contributed by atoms with Gasteiger partial charge < -0.3 is 15.8 Å². The molecule has 1 unspecified atom stereocenters. The molecule has 0 saturated carbocycles. The SMILES string of the molecule is CCN1CCCC1CN(C)c1cc(Br)ccc1/C(N)=N/O. The summed E-state index contributed by atoms with van der Waals surface area (Å²) in [4.78, 5) is 4.70. The van der Waals surface area contributed by atoms with E-state index < -0.39 is 0 Å². The maximum absolute atomic E-state index is 8.95. The Labute approximate surface area is 134 Å². The number of nitrogens with two attached hydrogens (primary N) is 1. The third-order valence-corrected chi connectivity index (χ3v) is 4.64. The fourth-order valence-electron chi connectivity index (χ4n) is 3.02. The molecule has 21 heavy (non-hydrogen) atoms. The topological polar surface area (TPSA) is 65.1 Å². The van der Waals surface area contributed by atoms with Crippen molar-refractivity contribution >= 4 is 27.5 Å². The van der Waals surface area contributed by atoms with Crippen molar-refractivity contribution in [2.75, 3.05) is 31.6 Å². The van der Waals surface area contributed by atoms with Gasteiger partial charge in [0.15, 0.2) is 5.84 Å². The van der Waals surface area contributed by atoms with E-state index in [4.69, 9.17) is 10.9 Å². The molecule has 0 spiro atoms. The van der Waals surface area contributed by atoms with E-state index >= 15 is 0 Å². The van der Waals surface area contributed by atoms with E-state index in [0.29, 0.717) is 6.04 Å². The third kappa shape index (κ3) is 3.68. The Morgan fingerprint density at radius 2 is 2.33 bits per heavy atom. The van der Waals surface area contributed by atoms with Crippen LogP contribution in [0.5, 0.6) is 0 Å². The molecule has 1 aliphatic rings. The van der Waals surface area contributed by atoms with Crippen molar-refractivity contribution in [3.8, 4) is 0 Å². The van der Waals surface area contributed by atoms with Crippen LogP contribution in [0, 0.1) is 0 Å². The van der Waals surface area contributed by atoms with Gasteiger partial charge in [-0.2, -0.15) is 0 Å². The van der Waals surface area contributed by atoms with Crippen LogP contribution in [0.4, 0.5) is 5.69 Å². The van der Waals surface area contributed by atoms with Crippen molar-refractivity contribution in [1.29, 1.82) is 0 Å². The second-order valence-corrected chi connectivity index (χ2v) is 6.37. The van der Waals surface area contributed by atoms with E-state index in [0.717, 1.165) is 28.8 Å². The van der Waals surface area contributed by atoms with Gasteiger partial charge in [-0.3, -0.25) is 4.90 Å². The highest BCUT2D eigenvalue weighted by molar-refractivity contribution is 9.10. The lowest BCUT2D eigenvalue weighted by Gasteiger charge is -2.30. The molecule has 5 nitrogen and oxygen atoms in total. The van der Waals surface area contributed by atoms with Gasteiger partial charge >= 0.3 is 0 Å². The molecule has 1 aromatic rings. The Kier molecular flexibility index (Phi) is 5.47. The lowest BCUT2D eigenvalue weighted by molar-refractivity contribution is 0.270. The maximum Gasteiger partial charge on any atom is 0.172 e. The van der Waals surface area contributed by atoms with E-state index in [1.54, 1.807) is 0 Å². The summed E-state index contributed by atoms with van der Waals surface area (Å²) in [5, 5.41) is 12.1. The molecule has 1 aliphatic heterocycles. The molecule has 1 fully saturated rings. The van der Waals surface area contributed by atoms with Crippen molar-refractivity contribution in [2.45, 2.75) is 25.8 Å². The first-order valence-corrected chi connectivity index (χ1v) is 8.08. The Balaban J connectivity index is 2.22. The van der Waals surface area contributed by atoms with Crippen LogP contribution in [0.3, 0.4) is 0 Å². The van der Waals surface area contributed by atoms with E-state index in [1.165, 1.54) is 19.4 Å². The summed E-state index contributed by atoms with van der Waals surface area (Å²) >= 11 is 3.49. The lowest BCUT2D eigenvalue weighted by atomic mass is 10.1. The second kappa shape index (κ2) is 7.13. The van der Waals surface area contributed by atoms with Gasteiger partial charge in [-0.1, -0.05) is 28.0 Å². The van der Waals surface area contributed by atoms with Crippen molar-refractivity contribution in [3.05, 3.63) is 28.2 Å². The average molecular weight is 355 g/mol. The van der Waals surface area contributed by atoms with Crippen LogP contribution >= 0.6 is 15.9 Å². The quantitative estimate of drug-likeness (QED) is 0.369. The van der Waals surface area contributed by atoms with E-state index in [2.05, 4.69) is 44.9 Å². The number of halogens is 1. The molecule has 6 heteroatoms. The summed E-state index contributed by atoms with van der Waals surface area (Å²) in [7, 11) is 2.06. The highest BCUT2D eigenvalue weighted by Crippen LogP contribution is 2.26. The van der Waals surface area contributed by atoms with Crippen LogP contribution in [-0.2, 0) is 0 Å². The molecular formula is C15H23BrN4O. The van der Waals surface area contributed by atoms with Crippen LogP contribution < -0.4 is 10.6 Å². The van der Waals surface area contributed by atoms with E-state index in [9.17, 15) is 0 Å². The number of benzene rings is 1. The molecule has 0 amide bonds. The predicted molar refractivity (Wildman–Crippen MR) is 90.2 cm³/mol. The maximum atomic E-state index is 8.95. The Morgan fingerprint density at radius 1 is 1.57 bits per heavy atom. The molecular weight excluding hydrogens is 332 g/mol. The zero-order valence-electron chi connectivity index (χ0n) is 12.6. The van der Waals surface area contributed by atoms with Gasteiger partial charge in [-0.15, -0.1) is 0 Å². The zero-order chi connectivity index (χ0) is 15.4. The summed E-state index contributed by atoms with van der Waals surface area (Å²) in [6.45, 7) is 5.42. The normalized spacial score (nSPS) is 20.0. The first-order chi connectivity index (χ1) is 10.1. The van der Waals surface area contributed by atoms with Crippen LogP contribution in [-0.4, -0.2) is 48.7 Å². The molecule has 1 aromatic carbocycles.